The number of ether oxygens (including phenoxy) is 1. The summed E-state index contributed by atoms with van der Waals surface area (Å²) in [5, 5.41) is 0. The first-order valence-corrected chi connectivity index (χ1v) is 2.97. The first kappa shape index (κ1) is 8.21. The highest BCUT2D eigenvalue weighted by molar-refractivity contribution is 5.87. The molecule has 2 heteroatoms. The summed E-state index contributed by atoms with van der Waals surface area (Å²) in [7, 11) is 1.38. The fraction of sp³-hybridized carbons (Fsp3) is 0.571. The van der Waals surface area contributed by atoms with Crippen molar-refractivity contribution in [2.75, 3.05) is 7.11 Å². The molecule has 0 saturated carbocycles. The van der Waals surface area contributed by atoms with Crippen LogP contribution in [0.5, 0.6) is 0 Å². The molecular weight excluding hydrogens is 116 g/mol. The molecule has 0 aliphatic rings. The molecule has 0 aromatic rings. The van der Waals surface area contributed by atoms with Gasteiger partial charge < -0.3 is 4.74 Å². The summed E-state index contributed by atoms with van der Waals surface area (Å²) >= 11 is 0. The number of carbonyl (C=O) groups excluding carboxylic acids is 1. The van der Waals surface area contributed by atoms with Gasteiger partial charge in [0.05, 0.1) is 7.11 Å². The summed E-state index contributed by atoms with van der Waals surface area (Å²) in [5.74, 6) is -0.239. The van der Waals surface area contributed by atoms with E-state index in [0.29, 0.717) is 5.57 Å². The maximum absolute atomic E-state index is 10.6. The molecule has 9 heavy (non-hydrogen) atoms. The van der Waals surface area contributed by atoms with Gasteiger partial charge in [-0.05, 0) is 13.3 Å². The second-order valence-electron chi connectivity index (χ2n) is 1.79. The maximum atomic E-state index is 10.6. The summed E-state index contributed by atoms with van der Waals surface area (Å²) in [6.07, 6.45) is 2.72. The molecular formula is C7H12O2. The van der Waals surface area contributed by atoms with Gasteiger partial charge >= 0.3 is 5.97 Å². The largest absolute Gasteiger partial charge is 0.466 e. The first-order valence-electron chi connectivity index (χ1n) is 2.97. The van der Waals surface area contributed by atoms with Crippen molar-refractivity contribution in [2.45, 2.75) is 20.3 Å². The van der Waals surface area contributed by atoms with Gasteiger partial charge in [-0.2, -0.15) is 0 Å². The van der Waals surface area contributed by atoms with Crippen molar-refractivity contribution in [1.82, 2.24) is 0 Å². The second kappa shape index (κ2) is 4.13. The zero-order valence-electron chi connectivity index (χ0n) is 6.10. The molecule has 0 heterocycles. The van der Waals surface area contributed by atoms with E-state index in [4.69, 9.17) is 0 Å². The predicted molar refractivity (Wildman–Crippen MR) is 36.1 cm³/mol. The molecule has 0 rings (SSSR count). The third-order valence-corrected chi connectivity index (χ3v) is 1.02. The fourth-order valence-corrected chi connectivity index (χ4v) is 0.551. The Morgan fingerprint density at radius 3 is 2.56 bits per heavy atom. The maximum Gasteiger partial charge on any atom is 0.333 e. The van der Waals surface area contributed by atoms with Crippen molar-refractivity contribution < 1.29 is 9.53 Å². The molecule has 0 bridgehead atoms. The second-order valence-corrected chi connectivity index (χ2v) is 1.79. The molecule has 0 aliphatic carbocycles. The van der Waals surface area contributed by atoms with Gasteiger partial charge in [0.15, 0.2) is 0 Å². The number of hydrogen-bond acceptors (Lipinski definition) is 2. The Labute approximate surface area is 55.5 Å². The van der Waals surface area contributed by atoms with Gasteiger partial charge in [-0.3, -0.25) is 0 Å². The molecule has 0 saturated heterocycles. The van der Waals surface area contributed by atoms with Crippen LogP contribution >= 0.6 is 0 Å². The zero-order valence-corrected chi connectivity index (χ0v) is 6.10. The Balaban J connectivity index is 3.86. The van der Waals surface area contributed by atoms with Crippen molar-refractivity contribution in [3.8, 4) is 0 Å². The highest BCUT2D eigenvalue weighted by Crippen LogP contribution is 1.96. The molecule has 0 aliphatic heterocycles. The molecule has 0 unspecified atom stereocenters. The van der Waals surface area contributed by atoms with Gasteiger partial charge in [0, 0.05) is 5.57 Å². The van der Waals surface area contributed by atoms with E-state index < -0.39 is 0 Å². The minimum Gasteiger partial charge on any atom is -0.466 e. The third-order valence-electron chi connectivity index (χ3n) is 1.02. The highest BCUT2D eigenvalue weighted by atomic mass is 16.5. The number of rotatable bonds is 2. The molecule has 0 amide bonds. The van der Waals surface area contributed by atoms with E-state index in [9.17, 15) is 4.79 Å². The van der Waals surface area contributed by atoms with Crippen molar-refractivity contribution in [3.05, 3.63) is 11.6 Å². The number of carbonyl (C=O) groups is 1. The Hall–Kier alpha value is -0.790. The van der Waals surface area contributed by atoms with Gasteiger partial charge in [-0.25, -0.2) is 4.79 Å². The molecule has 0 aromatic carbocycles. The van der Waals surface area contributed by atoms with Crippen LogP contribution in [-0.2, 0) is 9.53 Å². The van der Waals surface area contributed by atoms with E-state index in [1.807, 2.05) is 13.0 Å². The number of esters is 1. The van der Waals surface area contributed by atoms with Crippen molar-refractivity contribution in [1.29, 1.82) is 0 Å². The monoisotopic (exact) mass is 128 g/mol. The summed E-state index contributed by atoms with van der Waals surface area (Å²) < 4.78 is 4.46. The molecule has 0 fully saturated rings. The smallest absolute Gasteiger partial charge is 0.333 e. The normalized spacial score (nSPS) is 11.2. The van der Waals surface area contributed by atoms with Crippen LogP contribution in [0.25, 0.3) is 0 Å². The van der Waals surface area contributed by atoms with E-state index in [-0.39, 0.29) is 5.97 Å². The average Bonchev–Trinajstić information content (AvgIpc) is 1.87. The van der Waals surface area contributed by atoms with Crippen LogP contribution in [0.2, 0.25) is 0 Å². The van der Waals surface area contributed by atoms with Gasteiger partial charge in [0.2, 0.25) is 0 Å². The SMILES string of the molecule is CC/C=C(/C)C(=O)OC. The molecule has 0 atom stereocenters. The lowest BCUT2D eigenvalue weighted by Crippen LogP contribution is -2.00. The summed E-state index contributed by atoms with van der Waals surface area (Å²) in [5.41, 5.74) is 0.681. The van der Waals surface area contributed by atoms with E-state index in [1.165, 1.54) is 7.11 Å². The molecule has 2 nitrogen and oxygen atoms in total. The predicted octanol–water partition coefficient (Wildman–Crippen LogP) is 1.52. The van der Waals surface area contributed by atoms with E-state index >= 15 is 0 Å². The van der Waals surface area contributed by atoms with Crippen molar-refractivity contribution in [3.63, 3.8) is 0 Å². The molecule has 0 aromatic heterocycles. The lowest BCUT2D eigenvalue weighted by Gasteiger charge is -1.95. The van der Waals surface area contributed by atoms with Crippen LogP contribution in [-0.4, -0.2) is 13.1 Å². The fourth-order valence-electron chi connectivity index (χ4n) is 0.551. The van der Waals surface area contributed by atoms with Crippen LogP contribution < -0.4 is 0 Å². The van der Waals surface area contributed by atoms with Gasteiger partial charge in [-0.15, -0.1) is 0 Å². The number of methoxy groups -OCH3 is 1. The highest BCUT2D eigenvalue weighted by Gasteiger charge is 1.99. The van der Waals surface area contributed by atoms with Crippen LogP contribution in [0, 0.1) is 0 Å². The van der Waals surface area contributed by atoms with Crippen LogP contribution in [0.15, 0.2) is 11.6 Å². The average molecular weight is 128 g/mol. The summed E-state index contributed by atoms with van der Waals surface area (Å²) in [6.45, 7) is 3.72. The number of hydrogen-bond donors (Lipinski definition) is 0. The minimum absolute atomic E-state index is 0.239. The quantitative estimate of drug-likeness (QED) is 0.416. The van der Waals surface area contributed by atoms with Gasteiger partial charge in [0.25, 0.3) is 0 Å². The lowest BCUT2D eigenvalue weighted by atomic mass is 10.2. The van der Waals surface area contributed by atoms with Crippen LogP contribution in [0.1, 0.15) is 20.3 Å². The van der Waals surface area contributed by atoms with Crippen LogP contribution in [0.4, 0.5) is 0 Å². The van der Waals surface area contributed by atoms with Crippen molar-refractivity contribution >= 4 is 5.97 Å². The first-order chi connectivity index (χ1) is 4.22. The molecule has 0 N–H and O–H groups in total. The standard InChI is InChI=1S/C7H12O2/c1-4-5-6(2)7(8)9-3/h5H,4H2,1-3H3/b6-5-. The molecule has 52 valence electrons. The molecule has 0 spiro atoms. The van der Waals surface area contributed by atoms with E-state index in [1.54, 1.807) is 6.92 Å². The van der Waals surface area contributed by atoms with Gasteiger partial charge in [0.1, 0.15) is 0 Å². The number of allylic oxidation sites excluding steroid dienone is 1. The summed E-state index contributed by atoms with van der Waals surface area (Å²) in [6, 6.07) is 0. The zero-order chi connectivity index (χ0) is 7.28. The van der Waals surface area contributed by atoms with Crippen LogP contribution in [0.3, 0.4) is 0 Å². The Morgan fingerprint density at radius 2 is 2.22 bits per heavy atom. The Kier molecular flexibility index (Phi) is 3.76. The topological polar surface area (TPSA) is 26.3 Å². The van der Waals surface area contributed by atoms with E-state index in [2.05, 4.69) is 4.74 Å². The van der Waals surface area contributed by atoms with Crippen molar-refractivity contribution in [2.24, 2.45) is 0 Å². The Morgan fingerprint density at radius 1 is 1.67 bits per heavy atom. The minimum atomic E-state index is -0.239. The Bertz CT molecular complexity index is 125. The molecule has 0 radical (unpaired) electrons. The van der Waals surface area contributed by atoms with E-state index in [0.717, 1.165) is 6.42 Å². The summed E-state index contributed by atoms with van der Waals surface area (Å²) in [4.78, 5) is 10.6. The third kappa shape index (κ3) is 2.90. The van der Waals surface area contributed by atoms with Gasteiger partial charge in [-0.1, -0.05) is 13.0 Å². The lowest BCUT2D eigenvalue weighted by molar-refractivity contribution is -0.136.